The minimum absolute atomic E-state index is 0.0946. The Labute approximate surface area is 172 Å². The molecule has 3 heterocycles. The van der Waals surface area contributed by atoms with Crippen molar-refractivity contribution in [3.63, 3.8) is 0 Å². The fraction of sp³-hybridized carbons (Fsp3) is 0.455. The smallest absolute Gasteiger partial charge is 0.254 e. The largest absolute Gasteiger partial charge is 0.497 e. The van der Waals surface area contributed by atoms with Crippen LogP contribution in [0.5, 0.6) is 5.75 Å². The average Bonchev–Trinajstić information content (AvgIpc) is 2.79. The molecule has 4 rings (SSSR count). The number of benzene rings is 1. The van der Waals surface area contributed by atoms with Crippen LogP contribution in [0, 0.1) is 0 Å². The van der Waals surface area contributed by atoms with Crippen molar-refractivity contribution in [2.75, 3.05) is 76.3 Å². The van der Waals surface area contributed by atoms with Gasteiger partial charge in [-0.1, -0.05) is 0 Å². The molecule has 2 aliphatic heterocycles. The van der Waals surface area contributed by atoms with E-state index in [1.165, 1.54) is 5.69 Å². The number of rotatable bonds is 4. The Morgan fingerprint density at radius 1 is 0.897 bits per heavy atom. The molecule has 0 atom stereocenters. The molecule has 2 saturated heterocycles. The van der Waals surface area contributed by atoms with Gasteiger partial charge in [0.1, 0.15) is 11.6 Å². The molecule has 154 valence electrons. The van der Waals surface area contributed by atoms with Gasteiger partial charge in [-0.3, -0.25) is 4.79 Å². The molecule has 1 aromatic carbocycles. The molecular weight excluding hydrogens is 366 g/mol. The van der Waals surface area contributed by atoms with Crippen LogP contribution in [0.4, 0.5) is 11.5 Å². The Balaban J connectivity index is 1.37. The third-order valence-corrected chi connectivity index (χ3v) is 5.82. The second-order valence-corrected chi connectivity index (χ2v) is 7.67. The zero-order valence-electron chi connectivity index (χ0n) is 17.3. The number of carbonyl (C=O) groups excluding carboxylic acids is 1. The van der Waals surface area contributed by atoms with Crippen molar-refractivity contribution in [2.45, 2.75) is 0 Å². The summed E-state index contributed by atoms with van der Waals surface area (Å²) in [5, 5.41) is 0. The molecule has 7 nitrogen and oxygen atoms in total. The first-order chi connectivity index (χ1) is 14.1. The highest BCUT2D eigenvalue weighted by molar-refractivity contribution is 5.95. The first kappa shape index (κ1) is 19.5. The monoisotopic (exact) mass is 395 g/mol. The van der Waals surface area contributed by atoms with E-state index in [2.05, 4.69) is 38.9 Å². The highest BCUT2D eigenvalue weighted by Gasteiger charge is 2.23. The number of anilines is 2. The van der Waals surface area contributed by atoms with Crippen LogP contribution in [0.3, 0.4) is 0 Å². The van der Waals surface area contributed by atoms with Crippen LogP contribution in [0.1, 0.15) is 10.4 Å². The SMILES string of the molecule is COc1ccc(N2CCN(C(=O)c3ccnc(N4CCN(C)CC4)c3)CC2)cc1. The number of pyridine rings is 1. The van der Waals surface area contributed by atoms with Gasteiger partial charge in [-0.25, -0.2) is 4.98 Å². The van der Waals surface area contributed by atoms with E-state index in [0.29, 0.717) is 0 Å². The molecule has 2 aliphatic rings. The lowest BCUT2D eigenvalue weighted by molar-refractivity contribution is 0.0746. The van der Waals surface area contributed by atoms with Crippen LogP contribution in [0.15, 0.2) is 42.6 Å². The summed E-state index contributed by atoms with van der Waals surface area (Å²) in [6, 6.07) is 11.9. The van der Waals surface area contributed by atoms with E-state index in [9.17, 15) is 4.79 Å². The second-order valence-electron chi connectivity index (χ2n) is 7.67. The van der Waals surface area contributed by atoms with Crippen molar-refractivity contribution < 1.29 is 9.53 Å². The molecule has 7 heteroatoms. The summed E-state index contributed by atoms with van der Waals surface area (Å²) in [6.07, 6.45) is 1.76. The van der Waals surface area contributed by atoms with Crippen LogP contribution < -0.4 is 14.5 Å². The topological polar surface area (TPSA) is 52.2 Å². The van der Waals surface area contributed by atoms with Crippen molar-refractivity contribution in [1.82, 2.24) is 14.8 Å². The maximum absolute atomic E-state index is 13.0. The highest BCUT2D eigenvalue weighted by atomic mass is 16.5. The second kappa shape index (κ2) is 8.69. The Morgan fingerprint density at radius 2 is 1.55 bits per heavy atom. The predicted molar refractivity (Wildman–Crippen MR) is 115 cm³/mol. The van der Waals surface area contributed by atoms with E-state index in [1.54, 1.807) is 13.3 Å². The summed E-state index contributed by atoms with van der Waals surface area (Å²) in [5.41, 5.74) is 1.89. The number of ether oxygens (including phenoxy) is 1. The number of hydrogen-bond acceptors (Lipinski definition) is 6. The van der Waals surface area contributed by atoms with Crippen LogP contribution in [0.2, 0.25) is 0 Å². The third-order valence-electron chi connectivity index (χ3n) is 5.82. The Morgan fingerprint density at radius 3 is 2.21 bits per heavy atom. The van der Waals surface area contributed by atoms with E-state index in [4.69, 9.17) is 4.74 Å². The standard InChI is InChI=1S/C22H29N5O2/c1-24-9-11-26(12-10-24)21-17-18(7-8-23-21)22(28)27-15-13-25(14-16-27)19-3-5-20(29-2)6-4-19/h3-8,17H,9-16H2,1-2H3. The van der Waals surface area contributed by atoms with Gasteiger partial charge >= 0.3 is 0 Å². The molecule has 0 N–H and O–H groups in total. The molecule has 0 saturated carbocycles. The Bertz CT molecular complexity index is 825. The number of aromatic nitrogens is 1. The maximum atomic E-state index is 13.0. The zero-order chi connectivity index (χ0) is 20.2. The molecular formula is C22H29N5O2. The summed E-state index contributed by atoms with van der Waals surface area (Å²) in [7, 11) is 3.81. The van der Waals surface area contributed by atoms with Crippen LogP contribution in [-0.4, -0.2) is 87.2 Å². The molecule has 1 aromatic heterocycles. The van der Waals surface area contributed by atoms with Crippen molar-refractivity contribution in [2.24, 2.45) is 0 Å². The van der Waals surface area contributed by atoms with Gasteiger partial charge < -0.3 is 24.3 Å². The van der Waals surface area contributed by atoms with Crippen molar-refractivity contribution in [3.05, 3.63) is 48.2 Å². The van der Waals surface area contributed by atoms with E-state index < -0.39 is 0 Å². The number of hydrogen-bond donors (Lipinski definition) is 0. The Hall–Kier alpha value is -2.80. The normalized spacial score (nSPS) is 18.1. The summed E-state index contributed by atoms with van der Waals surface area (Å²) >= 11 is 0. The van der Waals surface area contributed by atoms with E-state index in [-0.39, 0.29) is 5.91 Å². The summed E-state index contributed by atoms with van der Waals surface area (Å²) < 4.78 is 5.23. The molecule has 29 heavy (non-hydrogen) atoms. The molecule has 1 amide bonds. The van der Waals surface area contributed by atoms with Gasteiger partial charge in [0.25, 0.3) is 5.91 Å². The van der Waals surface area contributed by atoms with Gasteiger partial charge in [0.05, 0.1) is 7.11 Å². The van der Waals surface area contributed by atoms with Crippen LogP contribution in [-0.2, 0) is 0 Å². The van der Waals surface area contributed by atoms with Crippen molar-refractivity contribution >= 4 is 17.4 Å². The number of piperazine rings is 2. The third kappa shape index (κ3) is 4.45. The van der Waals surface area contributed by atoms with Gasteiger partial charge in [-0.15, -0.1) is 0 Å². The number of nitrogens with zero attached hydrogens (tertiary/aromatic N) is 5. The fourth-order valence-electron chi connectivity index (χ4n) is 3.90. The first-order valence-electron chi connectivity index (χ1n) is 10.2. The number of likely N-dealkylation sites (N-methyl/N-ethyl adjacent to an activating group) is 1. The highest BCUT2D eigenvalue weighted by Crippen LogP contribution is 2.22. The summed E-state index contributed by atoms with van der Waals surface area (Å²) in [6.45, 7) is 7.03. The molecule has 0 aliphatic carbocycles. The van der Waals surface area contributed by atoms with Gasteiger partial charge in [0.2, 0.25) is 0 Å². The van der Waals surface area contributed by atoms with Gasteiger partial charge in [-0.2, -0.15) is 0 Å². The molecule has 0 radical (unpaired) electrons. The first-order valence-corrected chi connectivity index (χ1v) is 10.2. The number of methoxy groups -OCH3 is 1. The molecule has 0 spiro atoms. The quantitative estimate of drug-likeness (QED) is 0.787. The molecule has 0 unspecified atom stereocenters. The lowest BCUT2D eigenvalue weighted by Gasteiger charge is -2.36. The van der Waals surface area contributed by atoms with Crippen LogP contribution in [0.25, 0.3) is 0 Å². The summed E-state index contributed by atoms with van der Waals surface area (Å²) in [5.74, 6) is 1.86. The summed E-state index contributed by atoms with van der Waals surface area (Å²) in [4.78, 5) is 26.4. The van der Waals surface area contributed by atoms with Crippen molar-refractivity contribution in [3.8, 4) is 5.75 Å². The predicted octanol–water partition coefficient (Wildman–Crippen LogP) is 1.80. The van der Waals surface area contributed by atoms with Gasteiger partial charge in [0, 0.05) is 69.8 Å². The minimum Gasteiger partial charge on any atom is -0.497 e. The fourth-order valence-corrected chi connectivity index (χ4v) is 3.90. The van der Waals surface area contributed by atoms with Gasteiger partial charge in [0.15, 0.2) is 0 Å². The van der Waals surface area contributed by atoms with Crippen molar-refractivity contribution in [1.29, 1.82) is 0 Å². The minimum atomic E-state index is 0.0946. The van der Waals surface area contributed by atoms with Gasteiger partial charge in [-0.05, 0) is 43.4 Å². The van der Waals surface area contributed by atoms with E-state index >= 15 is 0 Å². The zero-order valence-corrected chi connectivity index (χ0v) is 17.3. The van der Waals surface area contributed by atoms with Crippen LogP contribution >= 0.6 is 0 Å². The average molecular weight is 396 g/mol. The maximum Gasteiger partial charge on any atom is 0.254 e. The van der Waals surface area contributed by atoms with E-state index in [0.717, 1.165) is 69.5 Å². The molecule has 2 aromatic rings. The lowest BCUT2D eigenvalue weighted by atomic mass is 10.2. The number of amides is 1. The molecule has 2 fully saturated rings. The molecule has 0 bridgehead atoms. The number of carbonyl (C=O) groups is 1. The van der Waals surface area contributed by atoms with E-state index in [1.807, 2.05) is 29.2 Å². The Kier molecular flexibility index (Phi) is 5.85. The lowest BCUT2D eigenvalue weighted by Crippen LogP contribution is -2.49.